The Hall–Kier alpha value is -2.60. The zero-order chi connectivity index (χ0) is 19.2. The van der Waals surface area contributed by atoms with E-state index in [-0.39, 0.29) is 23.6 Å². The lowest BCUT2D eigenvalue weighted by Gasteiger charge is -2.20. The maximum atomic E-state index is 13.2. The van der Waals surface area contributed by atoms with Crippen molar-refractivity contribution in [1.29, 1.82) is 0 Å². The van der Waals surface area contributed by atoms with Gasteiger partial charge in [0.25, 0.3) is 0 Å². The Bertz CT molecular complexity index is 878. The summed E-state index contributed by atoms with van der Waals surface area (Å²) in [7, 11) is 0. The minimum atomic E-state index is -0.298. The quantitative estimate of drug-likeness (QED) is 0.656. The van der Waals surface area contributed by atoms with E-state index in [0.29, 0.717) is 13.0 Å². The average molecular weight is 383 g/mol. The van der Waals surface area contributed by atoms with E-state index in [9.17, 15) is 9.18 Å². The summed E-state index contributed by atoms with van der Waals surface area (Å²) in [5, 5.41) is 5.96. The van der Waals surface area contributed by atoms with Gasteiger partial charge in [-0.25, -0.2) is 9.37 Å². The summed E-state index contributed by atoms with van der Waals surface area (Å²) in [4.78, 5) is 21.3. The minimum Gasteiger partial charge on any atom is -0.355 e. The maximum Gasteiger partial charge on any atom is 0.227 e. The molecule has 0 saturated carbocycles. The molecule has 1 N–H and O–H groups in total. The van der Waals surface area contributed by atoms with Crippen molar-refractivity contribution in [1.82, 2.24) is 15.3 Å². The summed E-state index contributed by atoms with van der Waals surface area (Å²) >= 11 is 1.58. The summed E-state index contributed by atoms with van der Waals surface area (Å²) < 4.78 is 13.2. The van der Waals surface area contributed by atoms with Gasteiger partial charge in [-0.3, -0.25) is 9.78 Å². The fraction of sp³-hybridized carbons (Fsp3) is 0.286. The first-order valence-corrected chi connectivity index (χ1v) is 9.80. The number of hydrogen-bond acceptors (Lipinski definition) is 4. The van der Waals surface area contributed by atoms with Crippen molar-refractivity contribution in [3.05, 3.63) is 71.2 Å². The number of amides is 1. The van der Waals surface area contributed by atoms with Gasteiger partial charge >= 0.3 is 0 Å². The third-order valence-corrected chi connectivity index (χ3v) is 5.28. The molecule has 0 spiro atoms. The summed E-state index contributed by atoms with van der Waals surface area (Å²) in [6, 6.07) is 10.0. The van der Waals surface area contributed by atoms with Crippen molar-refractivity contribution < 1.29 is 9.18 Å². The van der Waals surface area contributed by atoms with Gasteiger partial charge in [-0.2, -0.15) is 0 Å². The molecule has 0 saturated heterocycles. The topological polar surface area (TPSA) is 54.9 Å². The molecule has 140 valence electrons. The fourth-order valence-corrected chi connectivity index (χ4v) is 3.84. The molecular formula is C21H22FN3OS. The Labute approximate surface area is 162 Å². The molecule has 1 aromatic carbocycles. The van der Waals surface area contributed by atoms with E-state index in [4.69, 9.17) is 0 Å². The molecule has 27 heavy (non-hydrogen) atoms. The molecule has 3 aromatic rings. The smallest absolute Gasteiger partial charge is 0.227 e. The highest BCUT2D eigenvalue weighted by atomic mass is 32.1. The zero-order valence-corrected chi connectivity index (χ0v) is 16.2. The molecule has 3 rings (SSSR count). The molecular weight excluding hydrogens is 361 g/mol. The van der Waals surface area contributed by atoms with Crippen LogP contribution in [0.3, 0.4) is 0 Å². The third-order valence-electron chi connectivity index (χ3n) is 4.34. The number of thiazole rings is 1. The second-order valence-corrected chi connectivity index (χ2v) is 7.55. The SMILES string of the molecule is CC(C)C(C(=O)NCCc1csc(-c2ccncc2)n1)c1ccc(F)cc1. The lowest BCUT2D eigenvalue weighted by molar-refractivity contribution is -0.123. The number of rotatable bonds is 7. The van der Waals surface area contributed by atoms with Crippen molar-refractivity contribution in [3.8, 4) is 10.6 Å². The molecule has 1 amide bonds. The molecule has 6 heteroatoms. The molecule has 0 fully saturated rings. The monoisotopic (exact) mass is 383 g/mol. The van der Waals surface area contributed by atoms with Gasteiger partial charge in [-0.05, 0) is 35.7 Å². The lowest BCUT2D eigenvalue weighted by Crippen LogP contribution is -2.33. The van der Waals surface area contributed by atoms with E-state index >= 15 is 0 Å². The molecule has 0 radical (unpaired) electrons. The van der Waals surface area contributed by atoms with Crippen LogP contribution in [0.5, 0.6) is 0 Å². The van der Waals surface area contributed by atoms with Crippen molar-refractivity contribution in [2.45, 2.75) is 26.2 Å². The number of carbonyl (C=O) groups is 1. The Kier molecular flexibility index (Phi) is 6.29. The van der Waals surface area contributed by atoms with Gasteiger partial charge in [0.15, 0.2) is 0 Å². The first kappa shape index (κ1) is 19.2. The van der Waals surface area contributed by atoms with Gasteiger partial charge in [-0.1, -0.05) is 26.0 Å². The highest BCUT2D eigenvalue weighted by molar-refractivity contribution is 7.13. The van der Waals surface area contributed by atoms with Crippen LogP contribution in [0.2, 0.25) is 0 Å². The normalized spacial score (nSPS) is 12.1. The molecule has 0 aliphatic rings. The Morgan fingerprint density at radius 1 is 1.15 bits per heavy atom. The Morgan fingerprint density at radius 2 is 1.85 bits per heavy atom. The second-order valence-electron chi connectivity index (χ2n) is 6.69. The van der Waals surface area contributed by atoms with Gasteiger partial charge in [0.05, 0.1) is 11.6 Å². The van der Waals surface area contributed by atoms with Crippen molar-refractivity contribution in [3.63, 3.8) is 0 Å². The van der Waals surface area contributed by atoms with Gasteiger partial charge in [0.2, 0.25) is 5.91 Å². The van der Waals surface area contributed by atoms with Crippen LogP contribution in [-0.4, -0.2) is 22.4 Å². The van der Waals surface area contributed by atoms with E-state index < -0.39 is 0 Å². The number of benzene rings is 1. The number of nitrogens with zero attached hydrogens (tertiary/aromatic N) is 2. The Morgan fingerprint density at radius 3 is 2.52 bits per heavy atom. The van der Waals surface area contributed by atoms with Crippen LogP contribution in [0.4, 0.5) is 4.39 Å². The predicted octanol–water partition coefficient (Wildman–Crippen LogP) is 4.44. The van der Waals surface area contributed by atoms with Gasteiger partial charge in [0, 0.05) is 36.3 Å². The molecule has 0 aliphatic carbocycles. The minimum absolute atomic E-state index is 0.0406. The van der Waals surface area contributed by atoms with Crippen molar-refractivity contribution >= 4 is 17.2 Å². The number of aromatic nitrogens is 2. The van der Waals surface area contributed by atoms with Gasteiger partial charge in [-0.15, -0.1) is 11.3 Å². The molecule has 2 heterocycles. The molecule has 1 unspecified atom stereocenters. The van der Waals surface area contributed by atoms with E-state index in [1.165, 1.54) is 12.1 Å². The largest absolute Gasteiger partial charge is 0.355 e. The molecule has 1 atom stereocenters. The van der Waals surface area contributed by atoms with Crippen LogP contribution in [0.25, 0.3) is 10.6 Å². The first-order valence-electron chi connectivity index (χ1n) is 8.92. The average Bonchev–Trinajstić information content (AvgIpc) is 3.13. The van der Waals surface area contributed by atoms with Crippen LogP contribution in [0.1, 0.15) is 31.0 Å². The molecule has 4 nitrogen and oxygen atoms in total. The molecule has 0 aliphatic heterocycles. The second kappa shape index (κ2) is 8.86. The van der Waals surface area contributed by atoms with Crippen molar-refractivity contribution in [2.24, 2.45) is 5.92 Å². The number of carbonyl (C=O) groups excluding carboxylic acids is 1. The first-order chi connectivity index (χ1) is 13.0. The van der Waals surface area contributed by atoms with E-state index in [1.807, 2.05) is 31.4 Å². The van der Waals surface area contributed by atoms with E-state index in [2.05, 4.69) is 15.3 Å². The summed E-state index contributed by atoms with van der Waals surface area (Å²) in [5.74, 6) is -0.516. The molecule has 2 aromatic heterocycles. The highest BCUT2D eigenvalue weighted by Crippen LogP contribution is 2.25. The summed E-state index contributed by atoms with van der Waals surface area (Å²) in [6.45, 7) is 4.51. The number of hydrogen-bond donors (Lipinski definition) is 1. The van der Waals surface area contributed by atoms with Crippen LogP contribution in [0, 0.1) is 11.7 Å². The lowest BCUT2D eigenvalue weighted by atomic mass is 9.87. The molecule has 0 bridgehead atoms. The zero-order valence-electron chi connectivity index (χ0n) is 15.4. The predicted molar refractivity (Wildman–Crippen MR) is 106 cm³/mol. The van der Waals surface area contributed by atoms with Crippen LogP contribution in [-0.2, 0) is 11.2 Å². The number of nitrogens with one attached hydrogen (secondary N) is 1. The Balaban J connectivity index is 1.58. The summed E-state index contributed by atoms with van der Waals surface area (Å²) in [6.07, 6.45) is 4.16. The maximum absolute atomic E-state index is 13.2. The van der Waals surface area contributed by atoms with Crippen LogP contribution in [0.15, 0.2) is 54.2 Å². The standard InChI is InChI=1S/C21H22FN3OS/c1-14(2)19(15-3-5-17(22)6-4-15)20(26)24-12-9-18-13-27-21(25-18)16-7-10-23-11-8-16/h3-8,10-11,13-14,19H,9,12H2,1-2H3,(H,24,26). The van der Waals surface area contributed by atoms with Gasteiger partial charge in [0.1, 0.15) is 10.8 Å². The van der Waals surface area contributed by atoms with Crippen LogP contribution < -0.4 is 5.32 Å². The van der Waals surface area contributed by atoms with Gasteiger partial charge < -0.3 is 5.32 Å². The van der Waals surface area contributed by atoms with E-state index in [0.717, 1.165) is 21.8 Å². The fourth-order valence-electron chi connectivity index (χ4n) is 2.98. The third kappa shape index (κ3) is 4.98. The van der Waals surface area contributed by atoms with E-state index in [1.54, 1.807) is 35.9 Å². The number of pyridine rings is 1. The van der Waals surface area contributed by atoms with Crippen LogP contribution >= 0.6 is 11.3 Å². The number of halogens is 1. The highest BCUT2D eigenvalue weighted by Gasteiger charge is 2.23. The summed E-state index contributed by atoms with van der Waals surface area (Å²) in [5.41, 5.74) is 2.83. The van der Waals surface area contributed by atoms with Crippen molar-refractivity contribution in [2.75, 3.05) is 6.54 Å².